The van der Waals surface area contributed by atoms with Crippen LogP contribution < -0.4 is 0 Å². The molecule has 0 aliphatic carbocycles. The Balaban J connectivity index is 1.64. The van der Waals surface area contributed by atoms with E-state index in [1.165, 1.54) is 16.4 Å². The number of carbonyl (C=O) groups excluding carboxylic acids is 1. The zero-order valence-corrected chi connectivity index (χ0v) is 16.8. The van der Waals surface area contributed by atoms with Gasteiger partial charge in [0.05, 0.1) is 11.3 Å². The van der Waals surface area contributed by atoms with Crippen LogP contribution in [0, 0.1) is 12.8 Å². The first-order chi connectivity index (χ1) is 13.6. The highest BCUT2D eigenvalue weighted by Gasteiger charge is 2.33. The lowest BCUT2D eigenvalue weighted by Gasteiger charge is -2.30. The maximum Gasteiger partial charge on any atom is 0.416 e. The van der Waals surface area contributed by atoms with E-state index < -0.39 is 27.5 Å². The molecule has 1 aliphatic heterocycles. The first-order valence-electron chi connectivity index (χ1n) is 9.31. The number of hydrogen-bond donors (Lipinski definition) is 0. The maximum atomic E-state index is 12.8. The molecule has 0 N–H and O–H groups in total. The predicted molar refractivity (Wildman–Crippen MR) is 104 cm³/mol. The Morgan fingerprint density at radius 3 is 2.28 bits per heavy atom. The van der Waals surface area contributed by atoms with E-state index in [2.05, 4.69) is 0 Å². The minimum Gasteiger partial charge on any atom is -0.294 e. The fraction of sp³-hybridized carbons (Fsp3) is 0.381. The molecule has 8 heteroatoms. The monoisotopic (exact) mass is 425 g/mol. The highest BCUT2D eigenvalue weighted by atomic mass is 32.2. The first kappa shape index (κ1) is 21.5. The van der Waals surface area contributed by atoms with Gasteiger partial charge in [-0.1, -0.05) is 48.0 Å². The molecule has 4 nitrogen and oxygen atoms in total. The Hall–Kier alpha value is -2.19. The molecule has 156 valence electrons. The lowest BCUT2D eigenvalue weighted by molar-refractivity contribution is -0.137. The number of nitrogens with zero attached hydrogens (tertiary/aromatic N) is 1. The minimum atomic E-state index is -4.52. The number of ketones is 1. The molecule has 2 aromatic carbocycles. The Morgan fingerprint density at radius 1 is 1.07 bits per heavy atom. The van der Waals surface area contributed by atoms with Crippen molar-refractivity contribution in [3.8, 4) is 0 Å². The zero-order valence-electron chi connectivity index (χ0n) is 15.9. The summed E-state index contributed by atoms with van der Waals surface area (Å²) >= 11 is 0. The van der Waals surface area contributed by atoms with Gasteiger partial charge in [0.1, 0.15) is 0 Å². The fourth-order valence-electron chi connectivity index (χ4n) is 3.49. The van der Waals surface area contributed by atoms with Crippen molar-refractivity contribution in [2.45, 2.75) is 31.7 Å². The summed E-state index contributed by atoms with van der Waals surface area (Å²) in [6, 6.07) is 11.6. The average Bonchev–Trinajstić information content (AvgIpc) is 2.67. The molecule has 29 heavy (non-hydrogen) atoms. The van der Waals surface area contributed by atoms with Crippen LogP contribution in [0.1, 0.15) is 39.9 Å². The van der Waals surface area contributed by atoms with Crippen LogP contribution in [0.15, 0.2) is 48.5 Å². The second-order valence-corrected chi connectivity index (χ2v) is 9.33. The van der Waals surface area contributed by atoms with Crippen LogP contribution in [0.3, 0.4) is 0 Å². The second kappa shape index (κ2) is 8.28. The van der Waals surface area contributed by atoms with Gasteiger partial charge in [0.15, 0.2) is 5.78 Å². The Labute approximate surface area is 168 Å². The second-order valence-electron chi connectivity index (χ2n) is 7.36. The summed E-state index contributed by atoms with van der Waals surface area (Å²) in [7, 11) is -3.76. The molecule has 0 aromatic heterocycles. The van der Waals surface area contributed by atoms with E-state index in [4.69, 9.17) is 0 Å². The number of carbonyl (C=O) groups is 1. The van der Waals surface area contributed by atoms with Gasteiger partial charge in [-0.15, -0.1) is 0 Å². The Bertz CT molecular complexity index is 977. The number of rotatable bonds is 5. The van der Waals surface area contributed by atoms with Gasteiger partial charge in [-0.2, -0.15) is 13.2 Å². The van der Waals surface area contributed by atoms with E-state index in [0.717, 1.165) is 17.7 Å². The summed E-state index contributed by atoms with van der Waals surface area (Å²) in [5, 5.41) is 0. The van der Waals surface area contributed by atoms with Crippen molar-refractivity contribution in [1.29, 1.82) is 0 Å². The van der Waals surface area contributed by atoms with Crippen LogP contribution in [-0.4, -0.2) is 31.6 Å². The number of benzene rings is 2. The van der Waals surface area contributed by atoms with Gasteiger partial charge >= 0.3 is 6.18 Å². The largest absolute Gasteiger partial charge is 0.416 e. The fourth-order valence-corrected chi connectivity index (χ4v) is 5.04. The average molecular weight is 425 g/mol. The van der Waals surface area contributed by atoms with E-state index in [1.807, 2.05) is 19.1 Å². The van der Waals surface area contributed by atoms with Crippen LogP contribution >= 0.6 is 0 Å². The highest BCUT2D eigenvalue weighted by Crippen LogP contribution is 2.30. The molecule has 1 saturated heterocycles. The van der Waals surface area contributed by atoms with Crippen molar-refractivity contribution in [2.24, 2.45) is 5.92 Å². The molecule has 0 radical (unpaired) electrons. The summed E-state index contributed by atoms with van der Waals surface area (Å²) in [4.78, 5) is 12.6. The molecule has 0 amide bonds. The van der Waals surface area contributed by atoms with Crippen molar-refractivity contribution in [3.05, 3.63) is 70.8 Å². The molecular formula is C21H22F3NO3S. The SMILES string of the molecule is Cc1ccc(C(=O)C2CCN(S(=O)(=O)Cc3cccc(C(F)(F)F)c3)CC2)cc1. The van der Waals surface area contributed by atoms with Gasteiger partial charge < -0.3 is 0 Å². The van der Waals surface area contributed by atoms with E-state index >= 15 is 0 Å². The van der Waals surface area contributed by atoms with E-state index in [9.17, 15) is 26.4 Å². The molecule has 0 saturated carbocycles. The van der Waals surface area contributed by atoms with Gasteiger partial charge in [0.25, 0.3) is 0 Å². The van der Waals surface area contributed by atoms with Gasteiger partial charge in [-0.25, -0.2) is 12.7 Å². The van der Waals surface area contributed by atoms with Crippen molar-refractivity contribution in [1.82, 2.24) is 4.31 Å². The quantitative estimate of drug-likeness (QED) is 0.666. The van der Waals surface area contributed by atoms with Crippen molar-refractivity contribution >= 4 is 15.8 Å². The van der Waals surface area contributed by atoms with Crippen molar-refractivity contribution < 1.29 is 26.4 Å². The molecule has 0 unspecified atom stereocenters. The van der Waals surface area contributed by atoms with Gasteiger partial charge in [0, 0.05) is 24.6 Å². The summed E-state index contributed by atoms with van der Waals surface area (Å²) < 4.78 is 65.1. The zero-order chi connectivity index (χ0) is 21.2. The number of aryl methyl sites for hydroxylation is 1. The van der Waals surface area contributed by atoms with Crippen molar-refractivity contribution in [2.75, 3.05) is 13.1 Å². The Morgan fingerprint density at radius 2 is 1.69 bits per heavy atom. The standard InChI is InChI=1S/C21H22F3NO3S/c1-15-5-7-17(8-6-15)20(26)18-9-11-25(12-10-18)29(27,28)14-16-3-2-4-19(13-16)21(22,23)24/h2-8,13,18H,9-12,14H2,1H3. The minimum absolute atomic E-state index is 0.0000682. The first-order valence-corrected chi connectivity index (χ1v) is 10.9. The third-order valence-corrected chi connectivity index (χ3v) is 7.01. The third-order valence-electron chi connectivity index (χ3n) is 5.16. The maximum absolute atomic E-state index is 12.8. The molecule has 1 heterocycles. The molecule has 0 bridgehead atoms. The van der Waals surface area contributed by atoms with E-state index in [1.54, 1.807) is 12.1 Å². The lowest BCUT2D eigenvalue weighted by atomic mass is 9.89. The van der Waals surface area contributed by atoms with Crippen LogP contribution in [-0.2, 0) is 22.0 Å². The molecule has 0 spiro atoms. The molecule has 0 atom stereocenters. The predicted octanol–water partition coefficient (Wildman–Crippen LogP) is 4.44. The van der Waals surface area contributed by atoms with Crippen LogP contribution in [0.25, 0.3) is 0 Å². The van der Waals surface area contributed by atoms with Gasteiger partial charge in [0.2, 0.25) is 10.0 Å². The number of piperidine rings is 1. The normalized spacial score (nSPS) is 16.7. The van der Waals surface area contributed by atoms with Crippen LogP contribution in [0.4, 0.5) is 13.2 Å². The topological polar surface area (TPSA) is 54.5 Å². The number of sulfonamides is 1. The van der Waals surface area contributed by atoms with Crippen LogP contribution in [0.5, 0.6) is 0 Å². The van der Waals surface area contributed by atoms with Crippen molar-refractivity contribution in [3.63, 3.8) is 0 Å². The molecule has 1 fully saturated rings. The Kier molecular flexibility index (Phi) is 6.14. The molecule has 2 aromatic rings. The van der Waals surface area contributed by atoms with Gasteiger partial charge in [-0.05, 0) is 31.4 Å². The van der Waals surface area contributed by atoms with Crippen LogP contribution in [0.2, 0.25) is 0 Å². The summed E-state index contributed by atoms with van der Waals surface area (Å²) in [6.07, 6.45) is -3.72. The summed E-state index contributed by atoms with van der Waals surface area (Å²) in [5.74, 6) is -0.745. The third kappa shape index (κ3) is 5.25. The summed E-state index contributed by atoms with van der Waals surface area (Å²) in [5.41, 5.74) is 0.892. The molecule has 3 rings (SSSR count). The van der Waals surface area contributed by atoms with Gasteiger partial charge in [-0.3, -0.25) is 4.79 Å². The summed E-state index contributed by atoms with van der Waals surface area (Å²) in [6.45, 7) is 2.30. The number of halogens is 3. The smallest absolute Gasteiger partial charge is 0.294 e. The van der Waals surface area contributed by atoms with E-state index in [0.29, 0.717) is 18.4 Å². The molecule has 1 aliphatic rings. The van der Waals surface area contributed by atoms with E-state index in [-0.39, 0.29) is 30.4 Å². The highest BCUT2D eigenvalue weighted by molar-refractivity contribution is 7.88. The number of alkyl halides is 3. The molecular weight excluding hydrogens is 403 g/mol. The lowest BCUT2D eigenvalue weighted by Crippen LogP contribution is -2.40. The number of Topliss-reactive ketones (excluding diaryl/α,β-unsaturated/α-hetero) is 1. The number of hydrogen-bond acceptors (Lipinski definition) is 3.